The highest BCUT2D eigenvalue weighted by Crippen LogP contribution is 2.32. The second kappa shape index (κ2) is 11.9. The van der Waals surface area contributed by atoms with Crippen LogP contribution in [0.5, 0.6) is 5.75 Å². The average Bonchev–Trinajstić information content (AvgIpc) is 3.52. The van der Waals surface area contributed by atoms with Crippen molar-refractivity contribution >= 4 is 45.8 Å². The van der Waals surface area contributed by atoms with Gasteiger partial charge in [0.2, 0.25) is 0 Å². The number of nitrogens with zero attached hydrogens (tertiary/aromatic N) is 4. The Morgan fingerprint density at radius 1 is 1.05 bits per heavy atom. The van der Waals surface area contributed by atoms with Crippen molar-refractivity contribution in [3.63, 3.8) is 0 Å². The molecule has 0 aliphatic heterocycles. The van der Waals surface area contributed by atoms with Gasteiger partial charge in [-0.05, 0) is 66.4 Å². The van der Waals surface area contributed by atoms with Crippen molar-refractivity contribution in [2.24, 2.45) is 0 Å². The van der Waals surface area contributed by atoms with Crippen molar-refractivity contribution < 1.29 is 14.6 Å². The van der Waals surface area contributed by atoms with E-state index in [1.807, 2.05) is 73.3 Å². The Morgan fingerprint density at radius 2 is 1.78 bits per heavy atom. The highest BCUT2D eigenvalue weighted by molar-refractivity contribution is 6.37. The second-order valence-corrected chi connectivity index (χ2v) is 11.2. The van der Waals surface area contributed by atoms with Crippen LogP contribution in [0.15, 0.2) is 72.9 Å². The zero-order valence-electron chi connectivity index (χ0n) is 23.4. The van der Waals surface area contributed by atoms with E-state index in [1.165, 1.54) is 0 Å². The van der Waals surface area contributed by atoms with Crippen molar-refractivity contribution in [2.75, 3.05) is 18.5 Å². The highest BCUT2D eigenvalue weighted by atomic mass is 35.5. The molecular formula is C32H32Cl2N4O3. The van der Waals surface area contributed by atoms with Crippen LogP contribution in [0, 0.1) is 6.92 Å². The van der Waals surface area contributed by atoms with E-state index in [9.17, 15) is 9.90 Å². The quantitative estimate of drug-likeness (QED) is 0.178. The number of hydrogen-bond donors (Lipinski definition) is 1. The number of benzene rings is 3. The first-order chi connectivity index (χ1) is 19.7. The van der Waals surface area contributed by atoms with Crippen molar-refractivity contribution in [3.8, 4) is 11.4 Å². The smallest absolute Gasteiger partial charge is 0.352 e. The number of ether oxygens (including phenoxy) is 1. The van der Waals surface area contributed by atoms with Crippen LogP contribution >= 0.6 is 23.2 Å². The monoisotopic (exact) mass is 590 g/mol. The van der Waals surface area contributed by atoms with E-state index in [0.29, 0.717) is 35.4 Å². The summed E-state index contributed by atoms with van der Waals surface area (Å²) in [4.78, 5) is 14.0. The van der Waals surface area contributed by atoms with Crippen LogP contribution in [-0.2, 0) is 13.2 Å². The summed E-state index contributed by atoms with van der Waals surface area (Å²) in [6.07, 6.45) is 1.84. The SMILES string of the molecule is Cc1cc(OCc2c(C(C)C)cnn2-c2c(Cl)cccc2Cl)ccc1N(C)CCn1c(C(=O)O)cc2ccccc21. The predicted octanol–water partition coefficient (Wildman–Crippen LogP) is 7.98. The predicted molar refractivity (Wildman–Crippen MR) is 165 cm³/mol. The molecule has 0 saturated heterocycles. The molecule has 5 rings (SSSR count). The summed E-state index contributed by atoms with van der Waals surface area (Å²) in [5.74, 6) is 0.0395. The first-order valence-electron chi connectivity index (χ1n) is 13.4. The van der Waals surface area contributed by atoms with Crippen LogP contribution in [0.1, 0.15) is 47.1 Å². The highest BCUT2D eigenvalue weighted by Gasteiger charge is 2.20. The van der Waals surface area contributed by atoms with Gasteiger partial charge in [0.15, 0.2) is 0 Å². The van der Waals surface area contributed by atoms with Gasteiger partial charge in [0.1, 0.15) is 23.7 Å². The normalized spacial score (nSPS) is 11.4. The van der Waals surface area contributed by atoms with Crippen LogP contribution in [0.25, 0.3) is 16.6 Å². The van der Waals surface area contributed by atoms with E-state index < -0.39 is 5.97 Å². The average molecular weight is 592 g/mol. The Balaban J connectivity index is 1.33. The number of para-hydroxylation sites is 2. The number of likely N-dealkylation sites (N-methyl/N-ethyl adjacent to an activating group) is 1. The molecule has 5 aromatic rings. The second-order valence-electron chi connectivity index (χ2n) is 10.4. The van der Waals surface area contributed by atoms with Gasteiger partial charge in [-0.25, -0.2) is 9.48 Å². The van der Waals surface area contributed by atoms with Gasteiger partial charge in [-0.3, -0.25) is 0 Å². The van der Waals surface area contributed by atoms with Gasteiger partial charge in [0, 0.05) is 36.7 Å². The van der Waals surface area contributed by atoms with Gasteiger partial charge in [0.05, 0.1) is 21.9 Å². The molecule has 9 heteroatoms. The van der Waals surface area contributed by atoms with Gasteiger partial charge in [0.25, 0.3) is 0 Å². The lowest BCUT2D eigenvalue weighted by atomic mass is 10.0. The summed E-state index contributed by atoms with van der Waals surface area (Å²) in [5, 5.41) is 16.3. The van der Waals surface area contributed by atoms with E-state index in [-0.39, 0.29) is 11.6 Å². The lowest BCUT2D eigenvalue weighted by molar-refractivity contribution is 0.0685. The summed E-state index contributed by atoms with van der Waals surface area (Å²) in [7, 11) is 2.01. The fourth-order valence-corrected chi connectivity index (χ4v) is 5.75. The molecule has 1 N–H and O–H groups in total. The van der Waals surface area contributed by atoms with Crippen LogP contribution in [0.3, 0.4) is 0 Å². The number of halogens is 2. The number of hydrogen-bond acceptors (Lipinski definition) is 4. The Hall–Kier alpha value is -3.94. The zero-order valence-corrected chi connectivity index (χ0v) is 24.9. The Kier molecular flexibility index (Phi) is 8.29. The molecule has 7 nitrogen and oxygen atoms in total. The minimum absolute atomic E-state index is 0.237. The largest absolute Gasteiger partial charge is 0.487 e. The molecule has 0 aliphatic rings. The molecule has 3 aromatic carbocycles. The first-order valence-corrected chi connectivity index (χ1v) is 14.2. The molecule has 2 heterocycles. The van der Waals surface area contributed by atoms with E-state index in [0.717, 1.165) is 39.2 Å². The molecule has 0 unspecified atom stereocenters. The molecule has 0 radical (unpaired) electrons. The topological polar surface area (TPSA) is 72.5 Å². The summed E-state index contributed by atoms with van der Waals surface area (Å²) in [5.41, 5.74) is 5.88. The van der Waals surface area contributed by atoms with Crippen LogP contribution < -0.4 is 9.64 Å². The Labute approximate surface area is 249 Å². The molecular weight excluding hydrogens is 559 g/mol. The minimum atomic E-state index is -0.930. The van der Waals surface area contributed by atoms with Crippen LogP contribution in [-0.4, -0.2) is 39.0 Å². The Bertz CT molecular complexity index is 1700. The van der Waals surface area contributed by atoms with Crippen LogP contribution in [0.4, 0.5) is 5.69 Å². The summed E-state index contributed by atoms with van der Waals surface area (Å²) in [6.45, 7) is 7.74. The first kappa shape index (κ1) is 28.6. The lowest BCUT2D eigenvalue weighted by Gasteiger charge is -2.23. The number of carboxylic acid groups (broad SMARTS) is 1. The molecule has 0 bridgehead atoms. The van der Waals surface area contributed by atoms with E-state index in [1.54, 1.807) is 22.9 Å². The minimum Gasteiger partial charge on any atom is -0.487 e. The van der Waals surface area contributed by atoms with Crippen molar-refractivity contribution in [2.45, 2.75) is 39.8 Å². The number of aryl methyl sites for hydroxylation is 1. The van der Waals surface area contributed by atoms with E-state index >= 15 is 0 Å². The van der Waals surface area contributed by atoms with Gasteiger partial charge in [-0.1, -0.05) is 61.3 Å². The molecule has 2 aromatic heterocycles. The molecule has 212 valence electrons. The van der Waals surface area contributed by atoms with E-state index in [4.69, 9.17) is 27.9 Å². The van der Waals surface area contributed by atoms with E-state index in [2.05, 4.69) is 23.8 Å². The maximum absolute atomic E-state index is 11.9. The number of anilines is 1. The van der Waals surface area contributed by atoms with Gasteiger partial charge in [-0.15, -0.1) is 0 Å². The maximum Gasteiger partial charge on any atom is 0.352 e. The van der Waals surface area contributed by atoms with Crippen LogP contribution in [0.2, 0.25) is 10.0 Å². The zero-order chi connectivity index (χ0) is 29.3. The number of aromatic carboxylic acids is 1. The molecule has 41 heavy (non-hydrogen) atoms. The summed E-state index contributed by atoms with van der Waals surface area (Å²) in [6, 6.07) is 20.9. The molecule has 0 aliphatic carbocycles. The lowest BCUT2D eigenvalue weighted by Crippen LogP contribution is -2.24. The molecule has 0 spiro atoms. The number of rotatable bonds is 10. The third-order valence-electron chi connectivity index (χ3n) is 7.32. The summed E-state index contributed by atoms with van der Waals surface area (Å²) < 4.78 is 9.90. The van der Waals surface area contributed by atoms with Crippen molar-refractivity contribution in [3.05, 3.63) is 105 Å². The number of fused-ring (bicyclic) bond motifs is 1. The number of aromatic nitrogens is 3. The van der Waals surface area contributed by atoms with Gasteiger partial charge < -0.3 is 19.3 Å². The molecule has 0 saturated carbocycles. The standard InChI is InChI=1S/C32H32Cl2N4O3/c1-20(2)24-18-35-38(31-25(33)9-7-10-26(31)34)30(24)19-41-23-12-13-27(21(3)16-23)36(4)14-15-37-28-11-6-5-8-22(28)17-29(37)32(39)40/h5-13,16-18,20H,14-15,19H2,1-4H3,(H,39,40). The van der Waals surface area contributed by atoms with Gasteiger partial charge >= 0.3 is 5.97 Å². The molecule has 0 fully saturated rings. The van der Waals surface area contributed by atoms with Crippen molar-refractivity contribution in [1.82, 2.24) is 14.3 Å². The molecule has 0 atom stereocenters. The third-order valence-corrected chi connectivity index (χ3v) is 7.93. The number of carboxylic acids is 1. The Morgan fingerprint density at radius 3 is 2.46 bits per heavy atom. The molecule has 0 amide bonds. The number of carbonyl (C=O) groups is 1. The third kappa shape index (κ3) is 5.78. The summed E-state index contributed by atoms with van der Waals surface area (Å²) >= 11 is 13.0. The van der Waals surface area contributed by atoms with Crippen molar-refractivity contribution in [1.29, 1.82) is 0 Å². The fourth-order valence-electron chi connectivity index (χ4n) is 5.19. The maximum atomic E-state index is 11.9. The fraction of sp³-hybridized carbons (Fsp3) is 0.250. The van der Waals surface area contributed by atoms with Gasteiger partial charge in [-0.2, -0.15) is 5.10 Å².